The van der Waals surface area contributed by atoms with Gasteiger partial charge in [-0.3, -0.25) is 4.79 Å². The van der Waals surface area contributed by atoms with Crippen LogP contribution in [0.2, 0.25) is 0 Å². The van der Waals surface area contributed by atoms with Crippen molar-refractivity contribution in [3.63, 3.8) is 0 Å². The quantitative estimate of drug-likeness (QED) is 0.818. The fraction of sp³-hybridized carbons (Fsp3) is 0.500. The van der Waals surface area contributed by atoms with Crippen molar-refractivity contribution in [1.82, 2.24) is 10.3 Å². The number of nitrogens with one attached hydrogen (secondary N) is 2. The second-order valence-corrected chi connectivity index (χ2v) is 6.90. The molecular formula is C20H27N3O. The Hall–Kier alpha value is -2.10. The van der Waals surface area contributed by atoms with E-state index in [9.17, 15) is 4.79 Å². The highest BCUT2D eigenvalue weighted by molar-refractivity contribution is 5.82. The average Bonchev–Trinajstić information content (AvgIpc) is 2.60. The highest BCUT2D eigenvalue weighted by atomic mass is 16.1. The van der Waals surface area contributed by atoms with Gasteiger partial charge in [0.2, 0.25) is 5.91 Å². The third-order valence-electron chi connectivity index (χ3n) is 4.86. The van der Waals surface area contributed by atoms with Crippen molar-refractivity contribution in [2.24, 2.45) is 5.92 Å². The van der Waals surface area contributed by atoms with E-state index >= 15 is 0 Å². The minimum atomic E-state index is 0.218. The number of carbonyl (C=O) groups excluding carboxylic acids is 1. The molecule has 1 aliphatic carbocycles. The van der Waals surface area contributed by atoms with Gasteiger partial charge in [0, 0.05) is 24.4 Å². The van der Waals surface area contributed by atoms with E-state index in [-0.39, 0.29) is 11.8 Å². The summed E-state index contributed by atoms with van der Waals surface area (Å²) in [5.74, 6) is 1.34. The van der Waals surface area contributed by atoms with Crippen LogP contribution < -0.4 is 10.6 Å². The van der Waals surface area contributed by atoms with E-state index in [1.54, 1.807) is 0 Å². The van der Waals surface area contributed by atoms with Crippen LogP contribution >= 0.6 is 0 Å². The SMILES string of the molecule is Cc1ccc2cc(C)c(NCCNC(=O)C3CCCCC3)nc2c1. The van der Waals surface area contributed by atoms with Gasteiger partial charge in [0.05, 0.1) is 5.52 Å². The number of anilines is 1. The summed E-state index contributed by atoms with van der Waals surface area (Å²) in [7, 11) is 0. The lowest BCUT2D eigenvalue weighted by Gasteiger charge is -2.20. The summed E-state index contributed by atoms with van der Waals surface area (Å²) < 4.78 is 0. The van der Waals surface area contributed by atoms with Crippen molar-refractivity contribution in [1.29, 1.82) is 0 Å². The number of hydrogen-bond acceptors (Lipinski definition) is 3. The standard InChI is InChI=1S/C20H27N3O/c1-14-8-9-17-13-15(2)19(23-18(17)12-14)21-10-11-22-20(24)16-6-4-3-5-7-16/h8-9,12-13,16H,3-7,10-11H2,1-2H3,(H,21,23)(H,22,24). The van der Waals surface area contributed by atoms with Crippen LogP contribution in [0.1, 0.15) is 43.2 Å². The van der Waals surface area contributed by atoms with E-state index < -0.39 is 0 Å². The average molecular weight is 325 g/mol. The Morgan fingerprint density at radius 3 is 2.71 bits per heavy atom. The molecule has 1 fully saturated rings. The first kappa shape index (κ1) is 16.7. The van der Waals surface area contributed by atoms with Crippen molar-refractivity contribution in [2.75, 3.05) is 18.4 Å². The molecule has 1 amide bonds. The number of pyridine rings is 1. The fourth-order valence-corrected chi connectivity index (χ4v) is 3.44. The predicted octanol–water partition coefficient (Wildman–Crippen LogP) is 3.96. The summed E-state index contributed by atoms with van der Waals surface area (Å²) in [6.45, 7) is 5.48. The number of amides is 1. The van der Waals surface area contributed by atoms with Crippen LogP contribution in [0.25, 0.3) is 10.9 Å². The van der Waals surface area contributed by atoms with Crippen LogP contribution in [0.3, 0.4) is 0 Å². The maximum atomic E-state index is 12.1. The van der Waals surface area contributed by atoms with Crippen molar-refractivity contribution in [2.45, 2.75) is 46.0 Å². The Bertz CT molecular complexity index is 720. The Kier molecular flexibility index (Phi) is 5.34. The van der Waals surface area contributed by atoms with Gasteiger partial charge in [-0.2, -0.15) is 0 Å². The van der Waals surface area contributed by atoms with Crippen molar-refractivity contribution < 1.29 is 4.79 Å². The third kappa shape index (κ3) is 4.05. The molecule has 3 rings (SSSR count). The molecule has 2 N–H and O–H groups in total. The van der Waals surface area contributed by atoms with Crippen molar-refractivity contribution >= 4 is 22.6 Å². The molecule has 4 nitrogen and oxygen atoms in total. The lowest BCUT2D eigenvalue weighted by Crippen LogP contribution is -2.35. The zero-order chi connectivity index (χ0) is 16.9. The minimum Gasteiger partial charge on any atom is -0.368 e. The van der Waals surface area contributed by atoms with Crippen LogP contribution in [0.4, 0.5) is 5.82 Å². The third-order valence-corrected chi connectivity index (χ3v) is 4.86. The molecule has 0 saturated heterocycles. The molecule has 128 valence electrons. The number of rotatable bonds is 5. The van der Waals surface area contributed by atoms with Gasteiger partial charge in [0.15, 0.2) is 0 Å². The molecule has 0 spiro atoms. The highest BCUT2D eigenvalue weighted by Gasteiger charge is 2.20. The van der Waals surface area contributed by atoms with Gasteiger partial charge >= 0.3 is 0 Å². The van der Waals surface area contributed by atoms with E-state index in [0.717, 1.165) is 35.1 Å². The number of fused-ring (bicyclic) bond motifs is 1. The largest absolute Gasteiger partial charge is 0.368 e. The molecule has 4 heteroatoms. The van der Waals surface area contributed by atoms with Gasteiger partial charge in [0.1, 0.15) is 5.82 Å². The number of nitrogens with zero attached hydrogens (tertiary/aromatic N) is 1. The maximum absolute atomic E-state index is 12.1. The molecule has 0 bridgehead atoms. The molecule has 1 aromatic heterocycles. The fourth-order valence-electron chi connectivity index (χ4n) is 3.44. The number of carbonyl (C=O) groups is 1. The number of aryl methyl sites for hydroxylation is 2. The van der Waals surface area contributed by atoms with Gasteiger partial charge < -0.3 is 10.6 Å². The first-order valence-electron chi connectivity index (χ1n) is 9.03. The van der Waals surface area contributed by atoms with Crippen molar-refractivity contribution in [3.05, 3.63) is 35.4 Å². The lowest BCUT2D eigenvalue weighted by atomic mass is 9.89. The van der Waals surface area contributed by atoms with E-state index in [2.05, 4.69) is 48.7 Å². The Morgan fingerprint density at radius 1 is 1.12 bits per heavy atom. The summed E-state index contributed by atoms with van der Waals surface area (Å²) in [6.07, 6.45) is 5.75. The second-order valence-electron chi connectivity index (χ2n) is 6.90. The minimum absolute atomic E-state index is 0.218. The number of hydrogen-bond donors (Lipinski definition) is 2. The van der Waals surface area contributed by atoms with Gasteiger partial charge in [-0.25, -0.2) is 4.98 Å². The molecule has 0 atom stereocenters. The van der Waals surface area contributed by atoms with Gasteiger partial charge in [-0.15, -0.1) is 0 Å². The van der Waals surface area contributed by atoms with Crippen molar-refractivity contribution in [3.8, 4) is 0 Å². The molecule has 1 aliphatic rings. The summed E-state index contributed by atoms with van der Waals surface area (Å²) in [5.41, 5.74) is 3.35. The normalized spacial score (nSPS) is 15.4. The lowest BCUT2D eigenvalue weighted by molar-refractivity contribution is -0.125. The van der Waals surface area contributed by atoms with E-state index in [0.29, 0.717) is 13.1 Å². The Labute approximate surface area is 144 Å². The molecule has 24 heavy (non-hydrogen) atoms. The molecule has 1 aromatic carbocycles. The maximum Gasteiger partial charge on any atom is 0.223 e. The second kappa shape index (κ2) is 7.65. The zero-order valence-corrected chi connectivity index (χ0v) is 14.7. The van der Waals surface area contributed by atoms with Crippen LogP contribution in [0.5, 0.6) is 0 Å². The summed E-state index contributed by atoms with van der Waals surface area (Å²) >= 11 is 0. The van der Waals surface area contributed by atoms with Gasteiger partial charge in [0.25, 0.3) is 0 Å². The van der Waals surface area contributed by atoms with Crippen LogP contribution in [0, 0.1) is 19.8 Å². The first-order valence-corrected chi connectivity index (χ1v) is 9.03. The predicted molar refractivity (Wildman–Crippen MR) is 99.3 cm³/mol. The number of aromatic nitrogens is 1. The highest BCUT2D eigenvalue weighted by Crippen LogP contribution is 2.23. The van der Waals surface area contributed by atoms with E-state index in [1.165, 1.54) is 24.8 Å². The molecule has 2 aromatic rings. The van der Waals surface area contributed by atoms with Crippen LogP contribution in [-0.4, -0.2) is 24.0 Å². The van der Waals surface area contributed by atoms with Gasteiger partial charge in [-0.1, -0.05) is 31.4 Å². The number of benzene rings is 1. The molecular weight excluding hydrogens is 298 g/mol. The van der Waals surface area contributed by atoms with E-state index in [4.69, 9.17) is 4.98 Å². The smallest absolute Gasteiger partial charge is 0.223 e. The summed E-state index contributed by atoms with van der Waals surface area (Å²) in [6, 6.07) is 8.48. The van der Waals surface area contributed by atoms with Crippen LogP contribution in [-0.2, 0) is 4.79 Å². The Morgan fingerprint density at radius 2 is 1.92 bits per heavy atom. The summed E-state index contributed by atoms with van der Waals surface area (Å²) in [5, 5.41) is 7.58. The zero-order valence-electron chi connectivity index (χ0n) is 14.7. The Balaban J connectivity index is 1.53. The molecule has 0 aliphatic heterocycles. The first-order chi connectivity index (χ1) is 11.6. The molecule has 1 heterocycles. The monoisotopic (exact) mass is 325 g/mol. The van der Waals surface area contributed by atoms with Gasteiger partial charge in [-0.05, 0) is 49.9 Å². The topological polar surface area (TPSA) is 54.0 Å². The molecule has 0 unspecified atom stereocenters. The molecule has 1 saturated carbocycles. The summed E-state index contributed by atoms with van der Waals surface area (Å²) in [4.78, 5) is 16.9. The molecule has 0 radical (unpaired) electrons. The van der Waals surface area contributed by atoms with E-state index in [1.807, 2.05) is 0 Å². The van der Waals surface area contributed by atoms with Crippen LogP contribution in [0.15, 0.2) is 24.3 Å².